The second-order valence-electron chi connectivity index (χ2n) is 5.07. The molecule has 6 nitrogen and oxygen atoms in total. The fourth-order valence-electron chi connectivity index (χ4n) is 2.20. The van der Waals surface area contributed by atoms with Crippen LogP contribution in [0.5, 0.6) is 5.75 Å². The van der Waals surface area contributed by atoms with Crippen LogP contribution in [0.4, 0.5) is 18.9 Å². The Hall–Kier alpha value is -2.29. The number of ether oxygens (including phenoxy) is 1. The van der Waals surface area contributed by atoms with Crippen molar-refractivity contribution in [2.24, 2.45) is 0 Å². The van der Waals surface area contributed by atoms with E-state index in [0.29, 0.717) is 0 Å². The number of phenols is 1. The first-order chi connectivity index (χ1) is 10.7. The number of morpholine rings is 1. The van der Waals surface area contributed by atoms with Crippen LogP contribution in [0, 0.1) is 0 Å². The predicted octanol–water partition coefficient (Wildman–Crippen LogP) is 1.75. The van der Waals surface area contributed by atoms with Gasteiger partial charge in [-0.2, -0.15) is 13.2 Å². The van der Waals surface area contributed by atoms with Crippen molar-refractivity contribution in [3.63, 3.8) is 0 Å². The van der Waals surface area contributed by atoms with Crippen molar-refractivity contribution in [1.82, 2.24) is 4.90 Å². The van der Waals surface area contributed by atoms with E-state index in [9.17, 15) is 27.9 Å². The molecule has 0 unspecified atom stereocenters. The lowest BCUT2D eigenvalue weighted by molar-refractivity contribution is -0.233. The van der Waals surface area contributed by atoms with Crippen LogP contribution < -0.4 is 5.32 Å². The molecule has 1 aromatic rings. The topological polar surface area (TPSA) is 78.9 Å². The Kier molecular flexibility index (Phi) is 4.79. The van der Waals surface area contributed by atoms with E-state index in [4.69, 9.17) is 0 Å². The zero-order valence-electron chi connectivity index (χ0n) is 12.2. The van der Waals surface area contributed by atoms with Gasteiger partial charge in [0.25, 0.3) is 5.91 Å². The van der Waals surface area contributed by atoms with Crippen molar-refractivity contribution >= 4 is 17.5 Å². The van der Waals surface area contributed by atoms with Crippen molar-refractivity contribution in [3.8, 4) is 5.75 Å². The minimum absolute atomic E-state index is 0.00169. The Balaban J connectivity index is 2.15. The highest BCUT2D eigenvalue weighted by atomic mass is 19.4. The van der Waals surface area contributed by atoms with E-state index < -0.39 is 30.5 Å². The van der Waals surface area contributed by atoms with E-state index in [0.717, 1.165) is 11.0 Å². The summed E-state index contributed by atoms with van der Waals surface area (Å²) in [6.07, 6.45) is -6.60. The average molecular weight is 332 g/mol. The quantitative estimate of drug-likeness (QED) is 0.865. The number of nitrogens with zero attached hydrogens (tertiary/aromatic N) is 1. The van der Waals surface area contributed by atoms with Gasteiger partial charge >= 0.3 is 6.18 Å². The van der Waals surface area contributed by atoms with Gasteiger partial charge in [-0.25, -0.2) is 0 Å². The fraction of sp³-hybridized carbons (Fsp3) is 0.429. The number of benzene rings is 1. The normalized spacial score (nSPS) is 18.6. The molecule has 1 aliphatic heterocycles. The second-order valence-corrected chi connectivity index (χ2v) is 5.07. The van der Waals surface area contributed by atoms with Crippen LogP contribution in [-0.2, 0) is 9.53 Å². The highest BCUT2D eigenvalue weighted by Crippen LogP contribution is 2.28. The van der Waals surface area contributed by atoms with Crippen molar-refractivity contribution in [2.75, 3.05) is 25.0 Å². The first-order valence-electron chi connectivity index (χ1n) is 6.76. The number of carbonyl (C=O) groups excluding carboxylic acids is 2. The van der Waals surface area contributed by atoms with Gasteiger partial charge in [-0.3, -0.25) is 9.59 Å². The van der Waals surface area contributed by atoms with Gasteiger partial charge in [0, 0.05) is 25.2 Å². The molecule has 0 bridgehead atoms. The van der Waals surface area contributed by atoms with Crippen molar-refractivity contribution in [3.05, 3.63) is 23.8 Å². The summed E-state index contributed by atoms with van der Waals surface area (Å²) in [6.45, 7) is 0.412. The van der Waals surface area contributed by atoms with E-state index in [1.54, 1.807) is 0 Å². The number of carbonyl (C=O) groups is 2. The van der Waals surface area contributed by atoms with Crippen molar-refractivity contribution in [1.29, 1.82) is 0 Å². The number of hydrogen-bond acceptors (Lipinski definition) is 4. The molecule has 0 aromatic heterocycles. The Morgan fingerprint density at radius 2 is 2.09 bits per heavy atom. The van der Waals surface area contributed by atoms with E-state index in [-0.39, 0.29) is 30.3 Å². The maximum atomic E-state index is 12.7. The Labute approximate surface area is 129 Å². The van der Waals surface area contributed by atoms with E-state index in [1.807, 2.05) is 0 Å². The number of rotatable bonds is 2. The summed E-state index contributed by atoms with van der Waals surface area (Å²) in [5, 5.41) is 12.3. The number of alkyl halides is 3. The zero-order chi connectivity index (χ0) is 17.2. The molecule has 1 aromatic carbocycles. The molecule has 126 valence electrons. The molecule has 1 fully saturated rings. The SMILES string of the molecule is CC(=O)Nc1ccc(C(=O)N2CCO[C@@H](C(F)(F)F)C2)c(O)c1. The molecule has 23 heavy (non-hydrogen) atoms. The number of hydrogen-bond donors (Lipinski definition) is 2. The number of amides is 2. The third-order valence-corrected chi connectivity index (χ3v) is 3.27. The van der Waals surface area contributed by atoms with Gasteiger partial charge in [0.05, 0.1) is 18.7 Å². The summed E-state index contributed by atoms with van der Waals surface area (Å²) in [5.41, 5.74) is 0.142. The van der Waals surface area contributed by atoms with Gasteiger partial charge in [-0.05, 0) is 12.1 Å². The molecule has 1 aliphatic rings. The molecule has 0 saturated carbocycles. The van der Waals surface area contributed by atoms with Gasteiger partial charge < -0.3 is 20.1 Å². The number of halogens is 3. The number of nitrogens with one attached hydrogen (secondary N) is 1. The first kappa shape index (κ1) is 17.1. The summed E-state index contributed by atoms with van der Waals surface area (Å²) in [5.74, 6) is -1.50. The smallest absolute Gasteiger partial charge is 0.416 e. The number of aromatic hydroxyl groups is 1. The van der Waals surface area contributed by atoms with Crippen LogP contribution in [0.15, 0.2) is 18.2 Å². The molecule has 1 heterocycles. The summed E-state index contributed by atoms with van der Waals surface area (Å²) in [7, 11) is 0. The van der Waals surface area contributed by atoms with Gasteiger partial charge in [-0.1, -0.05) is 0 Å². The molecule has 2 rings (SSSR count). The standard InChI is InChI=1S/C14H15F3N2O4/c1-8(20)18-9-2-3-10(11(21)6-9)13(22)19-4-5-23-12(7-19)14(15,16)17/h2-3,6,12,21H,4-5,7H2,1H3,(H,18,20)/t12-/m1/s1. The highest BCUT2D eigenvalue weighted by Gasteiger charge is 2.44. The molecular formula is C14H15F3N2O4. The minimum atomic E-state index is -4.56. The molecule has 0 spiro atoms. The molecule has 0 radical (unpaired) electrons. The average Bonchev–Trinajstić information content (AvgIpc) is 2.45. The minimum Gasteiger partial charge on any atom is -0.507 e. The Morgan fingerprint density at radius 3 is 2.65 bits per heavy atom. The molecule has 2 amide bonds. The van der Waals surface area contributed by atoms with Crippen LogP contribution in [0.1, 0.15) is 17.3 Å². The molecule has 1 saturated heterocycles. The van der Waals surface area contributed by atoms with Crippen LogP contribution in [-0.4, -0.2) is 53.8 Å². The molecule has 1 atom stereocenters. The maximum absolute atomic E-state index is 12.7. The van der Waals surface area contributed by atoms with Crippen LogP contribution in [0.25, 0.3) is 0 Å². The summed E-state index contributed by atoms with van der Waals surface area (Å²) >= 11 is 0. The molecular weight excluding hydrogens is 317 g/mol. The summed E-state index contributed by atoms with van der Waals surface area (Å²) in [4.78, 5) is 24.2. The van der Waals surface area contributed by atoms with Crippen LogP contribution in [0.2, 0.25) is 0 Å². The lowest BCUT2D eigenvalue weighted by Gasteiger charge is -2.33. The van der Waals surface area contributed by atoms with Gasteiger partial charge in [0.2, 0.25) is 5.91 Å². The van der Waals surface area contributed by atoms with Crippen LogP contribution in [0.3, 0.4) is 0 Å². The highest BCUT2D eigenvalue weighted by molar-refractivity contribution is 5.98. The predicted molar refractivity (Wildman–Crippen MR) is 74.1 cm³/mol. The Bertz CT molecular complexity index is 619. The van der Waals surface area contributed by atoms with E-state index >= 15 is 0 Å². The van der Waals surface area contributed by atoms with Crippen LogP contribution >= 0.6 is 0 Å². The van der Waals surface area contributed by atoms with Gasteiger partial charge in [0.1, 0.15) is 5.75 Å². The maximum Gasteiger partial charge on any atom is 0.416 e. The largest absolute Gasteiger partial charge is 0.507 e. The zero-order valence-corrected chi connectivity index (χ0v) is 12.2. The molecule has 2 N–H and O–H groups in total. The second kappa shape index (κ2) is 6.45. The van der Waals surface area contributed by atoms with E-state index in [1.165, 1.54) is 19.1 Å². The van der Waals surface area contributed by atoms with Gasteiger partial charge in [0.15, 0.2) is 6.10 Å². The van der Waals surface area contributed by atoms with Gasteiger partial charge in [-0.15, -0.1) is 0 Å². The monoisotopic (exact) mass is 332 g/mol. The lowest BCUT2D eigenvalue weighted by atomic mass is 10.1. The summed E-state index contributed by atoms with van der Waals surface area (Å²) < 4.78 is 42.7. The fourth-order valence-corrected chi connectivity index (χ4v) is 2.20. The molecule has 9 heteroatoms. The lowest BCUT2D eigenvalue weighted by Crippen LogP contribution is -2.51. The Morgan fingerprint density at radius 1 is 1.39 bits per heavy atom. The number of phenolic OH excluding ortho intramolecular Hbond substituents is 1. The first-order valence-corrected chi connectivity index (χ1v) is 6.76. The van der Waals surface area contributed by atoms with Crippen molar-refractivity contribution < 1.29 is 32.6 Å². The summed E-state index contributed by atoms with van der Waals surface area (Å²) in [6, 6.07) is 3.80. The molecule has 0 aliphatic carbocycles. The number of anilines is 1. The third-order valence-electron chi connectivity index (χ3n) is 3.27. The van der Waals surface area contributed by atoms with Crippen molar-refractivity contribution in [2.45, 2.75) is 19.2 Å². The third kappa shape index (κ3) is 4.13. The van der Waals surface area contributed by atoms with E-state index in [2.05, 4.69) is 10.1 Å².